The summed E-state index contributed by atoms with van der Waals surface area (Å²) in [4.78, 5) is 11.7. The third kappa shape index (κ3) is 2.26. The largest absolute Gasteiger partial charge is 0.309 e. The van der Waals surface area contributed by atoms with Gasteiger partial charge in [0, 0.05) is 5.92 Å². The molecule has 1 aromatic heterocycles. The molecule has 0 radical (unpaired) electrons. The van der Waals surface area contributed by atoms with Crippen molar-refractivity contribution >= 4 is 23.3 Å². The number of nitrogens with zero attached hydrogens (tertiary/aromatic N) is 2. The Kier molecular flexibility index (Phi) is 2.38. The quantitative estimate of drug-likeness (QED) is 0.839. The highest BCUT2D eigenvalue weighted by atomic mass is 35.5. The summed E-state index contributed by atoms with van der Waals surface area (Å²) < 4.78 is 0. The van der Waals surface area contributed by atoms with Crippen molar-refractivity contribution in [2.45, 2.75) is 20.3 Å². The highest BCUT2D eigenvalue weighted by Gasteiger charge is 2.50. The van der Waals surface area contributed by atoms with Crippen LogP contribution in [-0.4, -0.2) is 16.1 Å². The number of hydrogen-bond donors (Lipinski definition) is 1. The van der Waals surface area contributed by atoms with Crippen LogP contribution in [0.4, 0.5) is 5.82 Å². The number of anilines is 1. The molecule has 15 heavy (non-hydrogen) atoms. The number of halogens is 1. The van der Waals surface area contributed by atoms with Crippen molar-refractivity contribution in [3.8, 4) is 0 Å². The Hall–Kier alpha value is -1.16. The van der Waals surface area contributed by atoms with E-state index in [0.717, 1.165) is 6.42 Å². The van der Waals surface area contributed by atoms with Gasteiger partial charge < -0.3 is 5.32 Å². The summed E-state index contributed by atoms with van der Waals surface area (Å²) in [6, 6.07) is 3.24. The molecule has 1 amide bonds. The average molecular weight is 226 g/mol. The van der Waals surface area contributed by atoms with E-state index in [4.69, 9.17) is 11.6 Å². The first-order chi connectivity index (χ1) is 6.99. The monoisotopic (exact) mass is 225 g/mol. The van der Waals surface area contributed by atoms with Crippen molar-refractivity contribution in [3.05, 3.63) is 17.3 Å². The van der Waals surface area contributed by atoms with Gasteiger partial charge in [0.1, 0.15) is 0 Å². The molecule has 0 aliphatic heterocycles. The van der Waals surface area contributed by atoms with Crippen LogP contribution in [0.15, 0.2) is 12.1 Å². The van der Waals surface area contributed by atoms with Crippen LogP contribution in [0.25, 0.3) is 0 Å². The number of carbonyl (C=O) groups is 1. The van der Waals surface area contributed by atoms with Crippen LogP contribution in [0.3, 0.4) is 0 Å². The Bertz CT molecular complexity index is 388. The van der Waals surface area contributed by atoms with Gasteiger partial charge in [0.05, 0.1) is 0 Å². The van der Waals surface area contributed by atoms with Gasteiger partial charge in [-0.3, -0.25) is 4.79 Å². The lowest BCUT2D eigenvalue weighted by Gasteiger charge is -2.04. The Morgan fingerprint density at radius 1 is 1.53 bits per heavy atom. The standard InChI is InChI=1S/C10H12ClN3O/c1-10(2)5-6(10)9(15)12-8-4-3-7(11)13-14-8/h3-4,6H,5H2,1-2H3,(H,12,14,15). The molecule has 1 aliphatic carbocycles. The van der Waals surface area contributed by atoms with Gasteiger partial charge in [-0.1, -0.05) is 25.4 Å². The smallest absolute Gasteiger partial charge is 0.229 e. The first-order valence-electron chi connectivity index (χ1n) is 4.79. The molecule has 1 heterocycles. The van der Waals surface area contributed by atoms with Crippen molar-refractivity contribution in [1.82, 2.24) is 10.2 Å². The zero-order valence-corrected chi connectivity index (χ0v) is 9.38. The molecule has 0 aromatic carbocycles. The van der Waals surface area contributed by atoms with Gasteiger partial charge in [0.25, 0.3) is 0 Å². The van der Waals surface area contributed by atoms with Crippen molar-refractivity contribution < 1.29 is 4.79 Å². The molecule has 1 aliphatic rings. The second kappa shape index (κ2) is 3.45. The normalized spacial score (nSPS) is 22.2. The fourth-order valence-electron chi connectivity index (χ4n) is 1.51. The second-order valence-corrected chi connectivity index (χ2v) is 4.86. The first-order valence-corrected chi connectivity index (χ1v) is 5.17. The van der Waals surface area contributed by atoms with Gasteiger partial charge >= 0.3 is 0 Å². The van der Waals surface area contributed by atoms with Gasteiger partial charge in [0.15, 0.2) is 11.0 Å². The predicted octanol–water partition coefficient (Wildman–Crippen LogP) is 2.11. The summed E-state index contributed by atoms with van der Waals surface area (Å²) in [5.41, 5.74) is 0.129. The summed E-state index contributed by atoms with van der Waals surface area (Å²) in [7, 11) is 0. The fraction of sp³-hybridized carbons (Fsp3) is 0.500. The van der Waals surface area contributed by atoms with E-state index in [0.29, 0.717) is 11.0 Å². The molecule has 0 saturated heterocycles. The average Bonchev–Trinajstić information content (AvgIpc) is 2.79. The Morgan fingerprint density at radius 3 is 2.67 bits per heavy atom. The third-order valence-electron chi connectivity index (χ3n) is 2.71. The lowest BCUT2D eigenvalue weighted by molar-refractivity contribution is -0.118. The van der Waals surface area contributed by atoms with Crippen LogP contribution < -0.4 is 5.32 Å². The maximum absolute atomic E-state index is 11.7. The lowest BCUT2D eigenvalue weighted by Crippen LogP contribution is -2.17. The molecule has 1 atom stereocenters. The molecule has 0 bridgehead atoms. The molecule has 1 fully saturated rings. The van der Waals surface area contributed by atoms with E-state index in [1.165, 1.54) is 0 Å². The highest BCUT2D eigenvalue weighted by Crippen LogP contribution is 2.51. The van der Waals surface area contributed by atoms with E-state index in [1.54, 1.807) is 12.1 Å². The van der Waals surface area contributed by atoms with Crippen LogP contribution in [0.1, 0.15) is 20.3 Å². The van der Waals surface area contributed by atoms with E-state index in [9.17, 15) is 4.79 Å². The molecular formula is C10H12ClN3O. The number of carbonyl (C=O) groups excluding carboxylic acids is 1. The molecule has 80 valence electrons. The number of nitrogens with one attached hydrogen (secondary N) is 1. The van der Waals surface area contributed by atoms with Crippen molar-refractivity contribution in [1.29, 1.82) is 0 Å². The number of aromatic nitrogens is 2. The topological polar surface area (TPSA) is 54.9 Å². The highest BCUT2D eigenvalue weighted by molar-refractivity contribution is 6.29. The third-order valence-corrected chi connectivity index (χ3v) is 2.91. The molecule has 1 N–H and O–H groups in total. The van der Waals surface area contributed by atoms with Crippen LogP contribution in [0.5, 0.6) is 0 Å². The summed E-state index contributed by atoms with van der Waals surface area (Å²) in [5.74, 6) is 0.554. The maximum Gasteiger partial charge on any atom is 0.229 e. The zero-order valence-electron chi connectivity index (χ0n) is 8.62. The molecule has 1 aromatic rings. The SMILES string of the molecule is CC1(C)CC1C(=O)Nc1ccc(Cl)nn1. The van der Waals surface area contributed by atoms with E-state index in [1.807, 2.05) is 0 Å². The summed E-state index contributed by atoms with van der Waals surface area (Å²) >= 11 is 5.58. The number of amides is 1. The van der Waals surface area contributed by atoms with Gasteiger partial charge in [0.2, 0.25) is 5.91 Å². The lowest BCUT2D eigenvalue weighted by atomic mass is 10.1. The predicted molar refractivity (Wildman–Crippen MR) is 57.6 cm³/mol. The van der Waals surface area contributed by atoms with E-state index < -0.39 is 0 Å². The van der Waals surface area contributed by atoms with Crippen LogP contribution in [-0.2, 0) is 4.79 Å². The van der Waals surface area contributed by atoms with Crippen LogP contribution in [0, 0.1) is 11.3 Å². The first kappa shape index (κ1) is 10.4. The number of hydrogen-bond acceptors (Lipinski definition) is 3. The molecule has 1 unspecified atom stereocenters. The molecule has 4 nitrogen and oxygen atoms in total. The summed E-state index contributed by atoms with van der Waals surface area (Å²) in [6.45, 7) is 4.15. The minimum absolute atomic E-state index is 0.0108. The van der Waals surface area contributed by atoms with E-state index in [-0.39, 0.29) is 17.2 Å². The Balaban J connectivity index is 1.98. The zero-order chi connectivity index (χ0) is 11.1. The van der Waals surface area contributed by atoms with E-state index >= 15 is 0 Å². The molecule has 2 rings (SSSR count). The Labute approximate surface area is 93.0 Å². The summed E-state index contributed by atoms with van der Waals surface area (Å²) in [6.07, 6.45) is 0.930. The van der Waals surface area contributed by atoms with Crippen molar-refractivity contribution in [2.24, 2.45) is 11.3 Å². The van der Waals surface area contributed by atoms with Crippen molar-refractivity contribution in [3.63, 3.8) is 0 Å². The van der Waals surface area contributed by atoms with Crippen LogP contribution in [0.2, 0.25) is 5.15 Å². The molecular weight excluding hydrogens is 214 g/mol. The fourth-order valence-corrected chi connectivity index (χ4v) is 1.61. The van der Waals surface area contributed by atoms with Gasteiger partial charge in [-0.2, -0.15) is 0 Å². The minimum Gasteiger partial charge on any atom is -0.309 e. The maximum atomic E-state index is 11.7. The molecule has 5 heteroatoms. The van der Waals surface area contributed by atoms with Gasteiger partial charge in [-0.15, -0.1) is 10.2 Å². The molecule has 1 saturated carbocycles. The minimum atomic E-state index is 0.0108. The second-order valence-electron chi connectivity index (χ2n) is 4.48. The Morgan fingerprint density at radius 2 is 2.20 bits per heavy atom. The van der Waals surface area contributed by atoms with Crippen LogP contribution >= 0.6 is 11.6 Å². The van der Waals surface area contributed by atoms with Gasteiger partial charge in [-0.25, -0.2) is 0 Å². The van der Waals surface area contributed by atoms with E-state index in [2.05, 4.69) is 29.4 Å². The molecule has 0 spiro atoms. The van der Waals surface area contributed by atoms with Crippen molar-refractivity contribution in [2.75, 3.05) is 5.32 Å². The summed E-state index contributed by atoms with van der Waals surface area (Å²) in [5, 5.41) is 10.4. The number of rotatable bonds is 2. The van der Waals surface area contributed by atoms with Gasteiger partial charge in [-0.05, 0) is 24.0 Å².